The Labute approximate surface area is 197 Å². The first kappa shape index (κ1) is 28.2. The predicted octanol–water partition coefficient (Wildman–Crippen LogP) is 4.48. The summed E-state index contributed by atoms with van der Waals surface area (Å²) < 4.78 is 82.9. The van der Waals surface area contributed by atoms with Crippen LogP contribution in [0.25, 0.3) is 0 Å². The zero-order valence-corrected chi connectivity index (χ0v) is 20.9. The molecule has 34 heavy (non-hydrogen) atoms. The van der Waals surface area contributed by atoms with Gasteiger partial charge in [-0.25, -0.2) is 8.42 Å². The summed E-state index contributed by atoms with van der Waals surface area (Å²) in [6, 6.07) is 30.9. The highest BCUT2D eigenvalue weighted by Gasteiger charge is 2.51. The van der Waals surface area contributed by atoms with Gasteiger partial charge in [0.05, 0.1) is 0 Å². The molecule has 0 heterocycles. The van der Waals surface area contributed by atoms with E-state index in [2.05, 4.69) is 36.4 Å². The van der Waals surface area contributed by atoms with E-state index in [9.17, 15) is 17.7 Å². The molecular formula is C22H23F3O6P2S. The first-order chi connectivity index (χ1) is 15.9. The van der Waals surface area contributed by atoms with Crippen molar-refractivity contribution in [3.05, 3.63) is 91.0 Å². The number of hydrogen-bond donors (Lipinski definition) is 0. The summed E-state index contributed by atoms with van der Waals surface area (Å²) in [6.45, 7) is 0. The highest BCUT2D eigenvalue weighted by Crippen LogP contribution is 2.67. The molecule has 0 spiro atoms. The van der Waals surface area contributed by atoms with Gasteiger partial charge in [-0.1, -0.05) is 54.6 Å². The minimum Gasteiger partial charge on any atom is -0.741 e. The van der Waals surface area contributed by atoms with Crippen molar-refractivity contribution in [3.8, 4) is 0 Å². The molecule has 0 N–H and O–H groups in total. The molecule has 3 aromatic carbocycles. The van der Waals surface area contributed by atoms with Crippen molar-refractivity contribution in [3.63, 3.8) is 0 Å². The van der Waals surface area contributed by atoms with E-state index >= 15 is 0 Å². The number of benzene rings is 3. The van der Waals surface area contributed by atoms with Gasteiger partial charge < -0.3 is 13.6 Å². The maximum Gasteiger partial charge on any atom is 0.485 e. The van der Waals surface area contributed by atoms with Crippen LogP contribution >= 0.6 is 14.9 Å². The molecule has 0 aliphatic carbocycles. The van der Waals surface area contributed by atoms with Crippen LogP contribution in [0.1, 0.15) is 0 Å². The van der Waals surface area contributed by atoms with Gasteiger partial charge in [0, 0.05) is 14.2 Å². The first-order valence-corrected chi connectivity index (χ1v) is 14.8. The summed E-state index contributed by atoms with van der Waals surface area (Å²) in [6.07, 6.45) is 0. The van der Waals surface area contributed by atoms with Gasteiger partial charge in [-0.15, -0.1) is 0 Å². The number of rotatable bonds is 7. The second-order valence-corrected chi connectivity index (χ2v) is 14.5. The van der Waals surface area contributed by atoms with E-state index < -0.39 is 30.5 Å². The van der Waals surface area contributed by atoms with Crippen LogP contribution in [0.2, 0.25) is 0 Å². The van der Waals surface area contributed by atoms with Crippen LogP contribution in [0.15, 0.2) is 91.0 Å². The van der Waals surface area contributed by atoms with Crippen LogP contribution in [-0.2, 0) is 23.7 Å². The molecule has 0 unspecified atom stereocenters. The number of alkyl halides is 3. The molecule has 3 rings (SSSR count). The maximum absolute atomic E-state index is 13.3. The lowest BCUT2D eigenvalue weighted by atomic mass is 10.4. The second kappa shape index (κ2) is 11.6. The minimum absolute atomic E-state index is 0.324. The molecule has 6 nitrogen and oxygen atoms in total. The highest BCUT2D eigenvalue weighted by atomic mass is 32.2. The first-order valence-electron chi connectivity index (χ1n) is 9.67. The SMILES string of the molecule is COP(=O)(C[P+](c1ccccc1)(c1ccccc1)c1ccccc1)OC.O=S(=O)([O-])C(F)(F)F. The molecule has 0 aliphatic heterocycles. The highest BCUT2D eigenvalue weighted by molar-refractivity contribution is 8.00. The summed E-state index contributed by atoms with van der Waals surface area (Å²) in [5.41, 5.74) is -5.65. The molecule has 0 atom stereocenters. The molecule has 184 valence electrons. The third-order valence-corrected chi connectivity index (χ3v) is 13.1. The fraction of sp³-hybridized carbons (Fsp3) is 0.182. The summed E-state index contributed by atoms with van der Waals surface area (Å²) in [5, 5.41) is 3.48. The molecule has 0 saturated carbocycles. The quantitative estimate of drug-likeness (QED) is 0.252. The number of halogens is 3. The zero-order chi connectivity index (χ0) is 25.5. The van der Waals surface area contributed by atoms with Gasteiger partial charge in [0.1, 0.15) is 23.2 Å². The van der Waals surface area contributed by atoms with Crippen molar-refractivity contribution < 1.29 is 39.8 Å². The van der Waals surface area contributed by atoms with E-state index in [1.54, 1.807) is 0 Å². The fourth-order valence-electron chi connectivity index (χ4n) is 3.19. The largest absolute Gasteiger partial charge is 0.741 e. The fourth-order valence-corrected chi connectivity index (χ4v) is 11.2. The maximum atomic E-state index is 13.3. The molecule has 0 aliphatic rings. The van der Waals surface area contributed by atoms with E-state index in [0.29, 0.717) is 5.90 Å². The summed E-state index contributed by atoms with van der Waals surface area (Å²) in [4.78, 5) is 0. The van der Waals surface area contributed by atoms with E-state index in [1.165, 1.54) is 14.2 Å². The lowest BCUT2D eigenvalue weighted by Crippen LogP contribution is -2.33. The van der Waals surface area contributed by atoms with Gasteiger partial charge in [0.25, 0.3) is 0 Å². The second-order valence-electron chi connectivity index (χ2n) is 6.83. The molecule has 0 saturated heterocycles. The molecule has 12 heteroatoms. The van der Waals surface area contributed by atoms with Crippen molar-refractivity contribution in [2.75, 3.05) is 20.1 Å². The van der Waals surface area contributed by atoms with Gasteiger partial charge >= 0.3 is 13.1 Å². The zero-order valence-electron chi connectivity index (χ0n) is 18.3. The smallest absolute Gasteiger partial charge is 0.485 e. The third-order valence-electron chi connectivity index (χ3n) is 4.82. The molecule has 0 fully saturated rings. The van der Waals surface area contributed by atoms with Gasteiger partial charge in [0.2, 0.25) is 0 Å². The van der Waals surface area contributed by atoms with E-state index in [1.807, 2.05) is 54.6 Å². The minimum atomic E-state index is -6.09. The van der Waals surface area contributed by atoms with Crippen LogP contribution in [0.5, 0.6) is 0 Å². The van der Waals surface area contributed by atoms with Crippen LogP contribution < -0.4 is 15.9 Å². The monoisotopic (exact) mass is 534 g/mol. The van der Waals surface area contributed by atoms with E-state index in [0.717, 1.165) is 15.9 Å². The van der Waals surface area contributed by atoms with Gasteiger partial charge in [-0.2, -0.15) is 13.2 Å². The summed E-state index contributed by atoms with van der Waals surface area (Å²) in [5.74, 6) is 0.324. The summed E-state index contributed by atoms with van der Waals surface area (Å²) >= 11 is 0. The normalized spacial score (nSPS) is 12.5. The van der Waals surface area contributed by atoms with Crippen molar-refractivity contribution in [1.29, 1.82) is 0 Å². The topological polar surface area (TPSA) is 92.7 Å². The van der Waals surface area contributed by atoms with Crippen molar-refractivity contribution in [1.82, 2.24) is 0 Å². The molecule has 0 aromatic heterocycles. The molecule has 3 aromatic rings. The number of hydrogen-bond acceptors (Lipinski definition) is 6. The Morgan fingerprint density at radius 3 is 1.24 bits per heavy atom. The van der Waals surface area contributed by atoms with Crippen LogP contribution in [0, 0.1) is 0 Å². The Morgan fingerprint density at radius 2 is 1.03 bits per heavy atom. The molecular weight excluding hydrogens is 511 g/mol. The van der Waals surface area contributed by atoms with Gasteiger partial charge in [-0.05, 0) is 36.4 Å². The Kier molecular flexibility index (Phi) is 9.60. The Hall–Kier alpha value is -2.06. The standard InChI is InChI=1S/C21H23O3P2.CHF3O3S/c1-23-26(22,24-2)18-25(19-12-6-3-7-13-19,20-14-8-4-9-15-20)21-16-10-5-11-17-21;2-1(3,4)8(5,6)7/h3-17H,18H2,1-2H3;(H,5,6,7)/q+1;/p-1. The third kappa shape index (κ3) is 6.75. The Bertz CT molecular complexity index is 1090. The van der Waals surface area contributed by atoms with Crippen molar-refractivity contribution in [2.24, 2.45) is 0 Å². The van der Waals surface area contributed by atoms with Crippen molar-refractivity contribution in [2.45, 2.75) is 5.51 Å². The lowest BCUT2D eigenvalue weighted by Gasteiger charge is -2.29. The van der Waals surface area contributed by atoms with E-state index in [4.69, 9.17) is 22.0 Å². The predicted molar refractivity (Wildman–Crippen MR) is 127 cm³/mol. The van der Waals surface area contributed by atoms with Crippen LogP contribution in [0.3, 0.4) is 0 Å². The van der Waals surface area contributed by atoms with Crippen molar-refractivity contribution >= 4 is 40.9 Å². The van der Waals surface area contributed by atoms with Crippen LogP contribution in [-0.4, -0.2) is 38.6 Å². The van der Waals surface area contributed by atoms with Crippen LogP contribution in [0.4, 0.5) is 13.2 Å². The lowest BCUT2D eigenvalue weighted by molar-refractivity contribution is -0.0517. The van der Waals surface area contributed by atoms with Gasteiger partial charge in [0.15, 0.2) is 16.0 Å². The van der Waals surface area contributed by atoms with E-state index in [-0.39, 0.29) is 0 Å². The summed E-state index contributed by atoms with van der Waals surface area (Å²) in [7, 11) is -8.64. The molecule has 0 amide bonds. The average Bonchev–Trinajstić information content (AvgIpc) is 2.83. The van der Waals surface area contributed by atoms with Gasteiger partial charge in [-0.3, -0.25) is 4.57 Å². The Morgan fingerprint density at radius 1 is 0.765 bits per heavy atom. The average molecular weight is 534 g/mol. The Balaban J connectivity index is 0.000000440. The molecule has 0 bridgehead atoms. The molecule has 0 radical (unpaired) electrons.